The van der Waals surface area contributed by atoms with Crippen molar-refractivity contribution >= 4 is 0 Å². The van der Waals surface area contributed by atoms with E-state index in [1.807, 2.05) is 0 Å². The Morgan fingerprint density at radius 3 is 2.44 bits per heavy atom. The van der Waals surface area contributed by atoms with E-state index in [0.29, 0.717) is 0 Å². The van der Waals surface area contributed by atoms with E-state index in [-0.39, 0.29) is 5.54 Å². The van der Waals surface area contributed by atoms with E-state index in [0.717, 1.165) is 18.8 Å². The Labute approximate surface area is 97.4 Å². The minimum absolute atomic E-state index is 0.0188. The van der Waals surface area contributed by atoms with Crippen LogP contribution in [0.4, 0.5) is 0 Å². The molecule has 2 heteroatoms. The normalized spacial score (nSPS) is 28.2. The summed E-state index contributed by atoms with van der Waals surface area (Å²) in [6, 6.07) is 9.04. The molecule has 1 saturated carbocycles. The zero-order valence-electron chi connectivity index (χ0n) is 9.95. The van der Waals surface area contributed by atoms with Crippen LogP contribution in [-0.4, -0.2) is 25.0 Å². The number of benzene rings is 1. The molecule has 1 aliphatic carbocycles. The van der Waals surface area contributed by atoms with Crippen LogP contribution in [0.3, 0.4) is 0 Å². The first-order valence-electron chi connectivity index (χ1n) is 6.25. The van der Waals surface area contributed by atoms with Crippen molar-refractivity contribution in [2.75, 3.05) is 20.1 Å². The monoisotopic (exact) mass is 216 g/mol. The van der Waals surface area contributed by atoms with Gasteiger partial charge < -0.3 is 10.6 Å². The third-order valence-corrected chi connectivity index (χ3v) is 4.14. The third kappa shape index (κ3) is 1.76. The van der Waals surface area contributed by atoms with Crippen LogP contribution in [0.2, 0.25) is 0 Å². The topological polar surface area (TPSA) is 29.3 Å². The van der Waals surface area contributed by atoms with Crippen molar-refractivity contribution in [1.29, 1.82) is 0 Å². The van der Waals surface area contributed by atoms with Gasteiger partial charge in [0.25, 0.3) is 0 Å². The lowest BCUT2D eigenvalue weighted by atomic mass is 9.95. The van der Waals surface area contributed by atoms with Crippen molar-refractivity contribution in [1.82, 2.24) is 4.90 Å². The summed E-state index contributed by atoms with van der Waals surface area (Å²) in [5, 5.41) is 0. The van der Waals surface area contributed by atoms with Crippen LogP contribution in [0.25, 0.3) is 0 Å². The van der Waals surface area contributed by atoms with Gasteiger partial charge in [0.1, 0.15) is 0 Å². The smallest absolute Gasteiger partial charge is 0.0411 e. The van der Waals surface area contributed by atoms with E-state index in [2.05, 4.69) is 36.2 Å². The predicted molar refractivity (Wildman–Crippen MR) is 66.4 cm³/mol. The standard InChI is InChI=1S/C14H20N2/c1-16-9-6-12(10-16)11-2-4-13(5-3-11)14(15)7-8-14/h2-5,12H,6-10,15H2,1H3. The van der Waals surface area contributed by atoms with Gasteiger partial charge in [-0.3, -0.25) is 0 Å². The molecule has 1 aromatic carbocycles. The summed E-state index contributed by atoms with van der Waals surface area (Å²) in [5.74, 6) is 0.729. The highest BCUT2D eigenvalue weighted by molar-refractivity contribution is 5.33. The van der Waals surface area contributed by atoms with Crippen LogP contribution in [0.1, 0.15) is 36.3 Å². The highest BCUT2D eigenvalue weighted by Crippen LogP contribution is 2.42. The molecule has 0 radical (unpaired) electrons. The molecular weight excluding hydrogens is 196 g/mol. The predicted octanol–water partition coefficient (Wildman–Crippen LogP) is 2.05. The molecule has 1 heterocycles. The van der Waals surface area contributed by atoms with Gasteiger partial charge in [-0.05, 0) is 49.9 Å². The fourth-order valence-electron chi connectivity index (χ4n) is 2.72. The van der Waals surface area contributed by atoms with Crippen LogP contribution in [-0.2, 0) is 5.54 Å². The average Bonchev–Trinajstić information content (AvgIpc) is 2.89. The maximum Gasteiger partial charge on any atom is 0.0411 e. The Kier molecular flexibility index (Phi) is 2.30. The first-order chi connectivity index (χ1) is 7.67. The van der Waals surface area contributed by atoms with Crippen LogP contribution < -0.4 is 5.73 Å². The van der Waals surface area contributed by atoms with E-state index in [1.54, 1.807) is 0 Å². The molecule has 0 amide bonds. The van der Waals surface area contributed by atoms with Crippen molar-refractivity contribution in [2.45, 2.75) is 30.7 Å². The van der Waals surface area contributed by atoms with Crippen LogP contribution in [0, 0.1) is 0 Å². The first-order valence-corrected chi connectivity index (χ1v) is 6.25. The lowest BCUT2D eigenvalue weighted by Gasteiger charge is -2.13. The molecule has 1 atom stereocenters. The van der Waals surface area contributed by atoms with Crippen molar-refractivity contribution < 1.29 is 0 Å². The molecule has 1 aliphatic heterocycles. The fraction of sp³-hybridized carbons (Fsp3) is 0.571. The summed E-state index contributed by atoms with van der Waals surface area (Å²) in [6.07, 6.45) is 3.60. The van der Waals surface area contributed by atoms with Gasteiger partial charge in [0, 0.05) is 12.1 Å². The minimum atomic E-state index is 0.0188. The number of likely N-dealkylation sites (N-methyl/N-ethyl adjacent to an activating group) is 1. The minimum Gasteiger partial charge on any atom is -0.321 e. The second kappa shape index (κ2) is 3.57. The summed E-state index contributed by atoms with van der Waals surface area (Å²) in [5.41, 5.74) is 9.01. The first kappa shape index (κ1) is 10.3. The number of likely N-dealkylation sites (tertiary alicyclic amines) is 1. The molecule has 1 unspecified atom stereocenters. The molecule has 2 N–H and O–H groups in total. The Hall–Kier alpha value is -0.860. The van der Waals surface area contributed by atoms with E-state index in [9.17, 15) is 0 Å². The molecule has 16 heavy (non-hydrogen) atoms. The largest absolute Gasteiger partial charge is 0.321 e. The lowest BCUT2D eigenvalue weighted by molar-refractivity contribution is 0.411. The van der Waals surface area contributed by atoms with Crippen LogP contribution >= 0.6 is 0 Å². The van der Waals surface area contributed by atoms with Crippen LogP contribution in [0.5, 0.6) is 0 Å². The molecule has 0 spiro atoms. The van der Waals surface area contributed by atoms with Gasteiger partial charge in [-0.1, -0.05) is 24.3 Å². The van der Waals surface area contributed by atoms with E-state index >= 15 is 0 Å². The molecule has 3 rings (SSSR count). The van der Waals surface area contributed by atoms with Crippen LogP contribution in [0.15, 0.2) is 24.3 Å². The number of rotatable bonds is 2. The van der Waals surface area contributed by atoms with Gasteiger partial charge >= 0.3 is 0 Å². The molecule has 2 fully saturated rings. The Balaban J connectivity index is 1.77. The van der Waals surface area contributed by atoms with Gasteiger partial charge in [-0.25, -0.2) is 0 Å². The molecule has 2 nitrogen and oxygen atoms in total. The van der Waals surface area contributed by atoms with Crippen molar-refractivity contribution in [2.24, 2.45) is 5.73 Å². The molecule has 0 bridgehead atoms. The van der Waals surface area contributed by atoms with Crippen molar-refractivity contribution in [3.63, 3.8) is 0 Å². The summed E-state index contributed by atoms with van der Waals surface area (Å²) in [6.45, 7) is 2.43. The maximum absolute atomic E-state index is 6.19. The number of hydrogen-bond donors (Lipinski definition) is 1. The van der Waals surface area contributed by atoms with E-state index in [1.165, 1.54) is 30.6 Å². The molecule has 1 aromatic rings. The van der Waals surface area contributed by atoms with Gasteiger partial charge in [0.2, 0.25) is 0 Å². The zero-order chi connectivity index (χ0) is 11.2. The van der Waals surface area contributed by atoms with Gasteiger partial charge in [0.05, 0.1) is 0 Å². The third-order valence-electron chi connectivity index (χ3n) is 4.14. The fourth-order valence-corrected chi connectivity index (χ4v) is 2.72. The molecular formula is C14H20N2. The van der Waals surface area contributed by atoms with Gasteiger partial charge in [-0.2, -0.15) is 0 Å². The molecule has 86 valence electrons. The second-order valence-corrected chi connectivity index (χ2v) is 5.53. The Bertz CT molecular complexity index is 378. The zero-order valence-corrected chi connectivity index (χ0v) is 9.95. The lowest BCUT2D eigenvalue weighted by Crippen LogP contribution is -2.18. The number of nitrogens with two attached hydrogens (primary N) is 1. The quantitative estimate of drug-likeness (QED) is 0.820. The molecule has 2 aliphatic rings. The SMILES string of the molecule is CN1CCC(c2ccc(C3(N)CC3)cc2)C1. The van der Waals surface area contributed by atoms with Crippen molar-refractivity contribution in [3.05, 3.63) is 35.4 Å². The highest BCUT2D eigenvalue weighted by atomic mass is 15.1. The molecule has 1 saturated heterocycles. The average molecular weight is 216 g/mol. The highest BCUT2D eigenvalue weighted by Gasteiger charge is 2.39. The summed E-state index contributed by atoms with van der Waals surface area (Å²) in [4.78, 5) is 2.41. The van der Waals surface area contributed by atoms with Gasteiger partial charge in [-0.15, -0.1) is 0 Å². The second-order valence-electron chi connectivity index (χ2n) is 5.53. The summed E-state index contributed by atoms with van der Waals surface area (Å²) in [7, 11) is 2.20. The van der Waals surface area contributed by atoms with Gasteiger partial charge in [0.15, 0.2) is 0 Å². The summed E-state index contributed by atoms with van der Waals surface area (Å²) >= 11 is 0. The Morgan fingerprint density at radius 2 is 1.94 bits per heavy atom. The van der Waals surface area contributed by atoms with E-state index in [4.69, 9.17) is 5.73 Å². The maximum atomic E-state index is 6.19. The molecule has 0 aromatic heterocycles. The summed E-state index contributed by atoms with van der Waals surface area (Å²) < 4.78 is 0. The van der Waals surface area contributed by atoms with Crippen molar-refractivity contribution in [3.8, 4) is 0 Å². The number of nitrogens with zero attached hydrogens (tertiary/aromatic N) is 1. The number of hydrogen-bond acceptors (Lipinski definition) is 2. The van der Waals surface area contributed by atoms with E-state index < -0.39 is 0 Å². The Morgan fingerprint density at radius 1 is 1.25 bits per heavy atom.